The third-order valence-corrected chi connectivity index (χ3v) is 5.84. The molecule has 0 spiro atoms. The van der Waals surface area contributed by atoms with Crippen molar-refractivity contribution in [1.82, 2.24) is 15.2 Å². The van der Waals surface area contributed by atoms with Crippen molar-refractivity contribution in [3.8, 4) is 5.75 Å². The first kappa shape index (κ1) is 22.4. The number of aromatic nitrogens is 3. The van der Waals surface area contributed by atoms with E-state index in [4.69, 9.17) is 4.74 Å². The summed E-state index contributed by atoms with van der Waals surface area (Å²) in [7, 11) is 0. The average molecular weight is 457 g/mol. The lowest BCUT2D eigenvalue weighted by Crippen LogP contribution is -2.19. The van der Waals surface area contributed by atoms with Crippen LogP contribution in [0, 0.1) is 0 Å². The number of anilines is 1. The number of hydrogen-bond donors (Lipinski definition) is 2. The summed E-state index contributed by atoms with van der Waals surface area (Å²) in [6, 6.07) is 27.0. The van der Waals surface area contributed by atoms with Gasteiger partial charge in [0.2, 0.25) is 11.1 Å². The molecule has 0 saturated carbocycles. The molecule has 7 heteroatoms. The lowest BCUT2D eigenvalue weighted by Gasteiger charge is -2.17. The first-order valence-corrected chi connectivity index (χ1v) is 11.5. The predicted molar refractivity (Wildman–Crippen MR) is 133 cm³/mol. The molecule has 1 aromatic heterocycles. The summed E-state index contributed by atoms with van der Waals surface area (Å²) in [5, 5.41) is 10.2. The van der Waals surface area contributed by atoms with Crippen LogP contribution in [-0.2, 0) is 4.79 Å². The van der Waals surface area contributed by atoms with Crippen molar-refractivity contribution in [3.05, 3.63) is 102 Å². The van der Waals surface area contributed by atoms with Crippen LogP contribution in [0.2, 0.25) is 0 Å². The second-order valence-electron chi connectivity index (χ2n) is 7.07. The topological polar surface area (TPSA) is 79.9 Å². The first-order valence-electron chi connectivity index (χ1n) is 10.6. The van der Waals surface area contributed by atoms with Crippen LogP contribution < -0.4 is 10.1 Å². The monoisotopic (exact) mass is 456 g/mol. The van der Waals surface area contributed by atoms with Gasteiger partial charge in [-0.1, -0.05) is 90.6 Å². The number of amides is 1. The number of ether oxygens (including phenoxy) is 1. The molecule has 0 aliphatic rings. The molecule has 0 saturated heterocycles. The van der Waals surface area contributed by atoms with E-state index in [0.717, 1.165) is 11.1 Å². The second kappa shape index (κ2) is 11.2. The molecule has 1 amide bonds. The average Bonchev–Trinajstić information content (AvgIpc) is 3.31. The van der Waals surface area contributed by atoms with Crippen LogP contribution in [-0.4, -0.2) is 27.7 Å². The molecule has 0 radical (unpaired) electrons. The molecule has 2 N–H and O–H groups in total. The Morgan fingerprint density at radius 3 is 2.45 bits per heavy atom. The number of rotatable bonds is 9. The fourth-order valence-corrected chi connectivity index (χ4v) is 4.10. The minimum Gasteiger partial charge on any atom is -0.492 e. The first-order chi connectivity index (χ1) is 16.2. The number of benzene rings is 3. The SMILES string of the molecule is CCOc1ccccc1NC(=O)C(Sc1n[nH]c(/C=C/c2ccccc2)n1)c1ccccc1. The van der Waals surface area contributed by atoms with Gasteiger partial charge in [-0.15, -0.1) is 5.10 Å². The number of carbonyl (C=O) groups is 1. The van der Waals surface area contributed by atoms with Crippen LogP contribution in [0.5, 0.6) is 5.75 Å². The van der Waals surface area contributed by atoms with E-state index in [9.17, 15) is 4.79 Å². The molecule has 0 fully saturated rings. The van der Waals surface area contributed by atoms with Crippen molar-refractivity contribution in [1.29, 1.82) is 0 Å². The van der Waals surface area contributed by atoms with Crippen molar-refractivity contribution in [3.63, 3.8) is 0 Å². The minimum absolute atomic E-state index is 0.176. The van der Waals surface area contributed by atoms with Gasteiger partial charge in [-0.3, -0.25) is 9.89 Å². The van der Waals surface area contributed by atoms with Crippen LogP contribution in [0.1, 0.15) is 29.1 Å². The molecule has 1 unspecified atom stereocenters. The number of nitrogens with one attached hydrogen (secondary N) is 2. The molecule has 166 valence electrons. The number of hydrogen-bond acceptors (Lipinski definition) is 5. The van der Waals surface area contributed by atoms with Crippen molar-refractivity contribution in [2.45, 2.75) is 17.3 Å². The Bertz CT molecular complexity index is 1210. The Morgan fingerprint density at radius 2 is 1.70 bits per heavy atom. The van der Waals surface area contributed by atoms with E-state index in [0.29, 0.717) is 29.0 Å². The van der Waals surface area contributed by atoms with Crippen molar-refractivity contribution < 1.29 is 9.53 Å². The number of para-hydroxylation sites is 2. The van der Waals surface area contributed by atoms with Gasteiger partial charge in [-0.25, -0.2) is 4.98 Å². The van der Waals surface area contributed by atoms with Crippen LogP contribution in [0.15, 0.2) is 90.1 Å². The largest absolute Gasteiger partial charge is 0.492 e. The van der Waals surface area contributed by atoms with Crippen LogP contribution in [0.4, 0.5) is 5.69 Å². The van der Waals surface area contributed by atoms with E-state index < -0.39 is 5.25 Å². The van der Waals surface area contributed by atoms with Gasteiger partial charge < -0.3 is 10.1 Å². The number of nitrogens with zero attached hydrogens (tertiary/aromatic N) is 2. The highest BCUT2D eigenvalue weighted by atomic mass is 32.2. The summed E-state index contributed by atoms with van der Waals surface area (Å²) < 4.78 is 5.65. The third kappa shape index (κ3) is 6.11. The summed E-state index contributed by atoms with van der Waals surface area (Å²) in [6.45, 7) is 2.43. The zero-order valence-electron chi connectivity index (χ0n) is 18.1. The Kier molecular flexibility index (Phi) is 7.56. The summed E-state index contributed by atoms with van der Waals surface area (Å²) in [6.07, 6.45) is 3.82. The number of thioether (sulfide) groups is 1. The van der Waals surface area contributed by atoms with Gasteiger partial charge in [0.1, 0.15) is 16.8 Å². The van der Waals surface area contributed by atoms with Gasteiger partial charge in [-0.2, -0.15) is 0 Å². The molecule has 1 atom stereocenters. The van der Waals surface area contributed by atoms with Gasteiger partial charge in [0, 0.05) is 0 Å². The maximum Gasteiger partial charge on any atom is 0.242 e. The zero-order chi connectivity index (χ0) is 22.9. The normalized spacial score (nSPS) is 11.9. The molecule has 4 aromatic rings. The van der Waals surface area contributed by atoms with E-state index in [1.54, 1.807) is 0 Å². The maximum absolute atomic E-state index is 13.3. The standard InChI is InChI=1S/C26H24N4O2S/c1-2-32-22-16-10-9-15-21(22)27-25(31)24(20-13-7-4-8-14-20)33-26-28-23(29-30-26)18-17-19-11-5-3-6-12-19/h3-18,24H,2H2,1H3,(H,27,31)(H,28,29,30)/b18-17+. The van der Waals surface area contributed by atoms with E-state index in [1.165, 1.54) is 11.8 Å². The summed E-state index contributed by atoms with van der Waals surface area (Å²) in [4.78, 5) is 17.9. The molecule has 4 rings (SSSR count). The van der Waals surface area contributed by atoms with Gasteiger partial charge >= 0.3 is 0 Å². The Balaban J connectivity index is 1.53. The Morgan fingerprint density at radius 1 is 1.00 bits per heavy atom. The quantitative estimate of drug-likeness (QED) is 0.309. The molecule has 3 aromatic carbocycles. The summed E-state index contributed by atoms with van der Waals surface area (Å²) in [5.41, 5.74) is 2.56. The third-order valence-electron chi connectivity index (χ3n) is 4.72. The van der Waals surface area contributed by atoms with E-state index in [-0.39, 0.29) is 5.91 Å². The van der Waals surface area contributed by atoms with E-state index in [1.807, 2.05) is 104 Å². The van der Waals surface area contributed by atoms with Gasteiger partial charge in [0.05, 0.1) is 12.3 Å². The molecule has 0 bridgehead atoms. The second-order valence-corrected chi connectivity index (χ2v) is 8.15. The number of carbonyl (C=O) groups excluding carboxylic acids is 1. The maximum atomic E-state index is 13.3. The fourth-order valence-electron chi connectivity index (χ4n) is 3.18. The van der Waals surface area contributed by atoms with Crippen LogP contribution >= 0.6 is 11.8 Å². The zero-order valence-corrected chi connectivity index (χ0v) is 19.0. The predicted octanol–water partition coefficient (Wildman–Crippen LogP) is 5.85. The van der Waals surface area contributed by atoms with E-state index >= 15 is 0 Å². The smallest absolute Gasteiger partial charge is 0.242 e. The van der Waals surface area contributed by atoms with Crippen LogP contribution in [0.3, 0.4) is 0 Å². The molecule has 0 aliphatic carbocycles. The van der Waals surface area contributed by atoms with Crippen LogP contribution in [0.25, 0.3) is 12.2 Å². The molecular weight excluding hydrogens is 432 g/mol. The highest BCUT2D eigenvalue weighted by Crippen LogP contribution is 2.35. The van der Waals surface area contributed by atoms with E-state index in [2.05, 4.69) is 20.5 Å². The molecular formula is C26H24N4O2S. The molecule has 1 heterocycles. The molecule has 6 nitrogen and oxygen atoms in total. The molecule has 0 aliphatic heterocycles. The minimum atomic E-state index is -0.539. The van der Waals surface area contributed by atoms with Gasteiger partial charge in [0.25, 0.3) is 0 Å². The van der Waals surface area contributed by atoms with Crippen molar-refractivity contribution >= 4 is 35.5 Å². The number of H-pyrrole nitrogens is 1. The number of aromatic amines is 1. The fraction of sp³-hybridized carbons (Fsp3) is 0.115. The van der Waals surface area contributed by atoms with Gasteiger partial charge in [-0.05, 0) is 36.3 Å². The van der Waals surface area contributed by atoms with Crippen molar-refractivity contribution in [2.24, 2.45) is 0 Å². The highest BCUT2D eigenvalue weighted by Gasteiger charge is 2.25. The van der Waals surface area contributed by atoms with Crippen molar-refractivity contribution in [2.75, 3.05) is 11.9 Å². The Hall–Kier alpha value is -3.84. The summed E-state index contributed by atoms with van der Waals surface area (Å²) >= 11 is 1.29. The lowest BCUT2D eigenvalue weighted by molar-refractivity contribution is -0.115. The Labute approximate surface area is 197 Å². The van der Waals surface area contributed by atoms with Gasteiger partial charge in [0.15, 0.2) is 0 Å². The summed E-state index contributed by atoms with van der Waals surface area (Å²) in [5.74, 6) is 1.08. The highest BCUT2D eigenvalue weighted by molar-refractivity contribution is 8.00. The molecule has 33 heavy (non-hydrogen) atoms. The lowest BCUT2D eigenvalue weighted by atomic mass is 10.1.